The second-order valence-corrected chi connectivity index (χ2v) is 5.82. The first kappa shape index (κ1) is 23.2. The van der Waals surface area contributed by atoms with E-state index in [1.165, 1.54) is 6.92 Å². The van der Waals surface area contributed by atoms with Gasteiger partial charge in [-0.15, -0.1) is 0 Å². The summed E-state index contributed by atoms with van der Waals surface area (Å²) in [4.78, 5) is 10.6. The number of carbonyl (C=O) groups is 1. The Kier molecular flexibility index (Phi) is 15.3. The van der Waals surface area contributed by atoms with E-state index in [2.05, 4.69) is 24.5 Å². The molecule has 6 nitrogen and oxygen atoms in total. The zero-order valence-electron chi connectivity index (χ0n) is 15.6. The summed E-state index contributed by atoms with van der Waals surface area (Å²) in [5.74, 6) is -0.245. The van der Waals surface area contributed by atoms with Gasteiger partial charge in [-0.2, -0.15) is 0 Å². The summed E-state index contributed by atoms with van der Waals surface area (Å²) in [6.45, 7) is 10.3. The van der Waals surface area contributed by atoms with Crippen molar-refractivity contribution in [2.45, 2.75) is 58.9 Å². The lowest BCUT2D eigenvalue weighted by Crippen LogP contribution is -2.35. The molecule has 1 amide bonds. The standard InChI is InChI=1S/C17H35FN2O4/c1-5-17(6-2)20-11-14(3)24-10-9-22-7-8-23-13-16(18)12-19-15(4)21/h14,16-17,20H,5-13H2,1-4H3,(H,19,21). The average Bonchev–Trinajstić information content (AvgIpc) is 2.56. The lowest BCUT2D eigenvalue weighted by molar-refractivity contribution is -0.119. The minimum atomic E-state index is -1.19. The Morgan fingerprint density at radius 3 is 2.29 bits per heavy atom. The van der Waals surface area contributed by atoms with Crippen LogP contribution in [0.15, 0.2) is 0 Å². The monoisotopic (exact) mass is 350 g/mol. The predicted molar refractivity (Wildman–Crippen MR) is 93.0 cm³/mol. The first-order valence-electron chi connectivity index (χ1n) is 8.88. The van der Waals surface area contributed by atoms with Gasteiger partial charge in [-0.3, -0.25) is 4.79 Å². The van der Waals surface area contributed by atoms with E-state index in [4.69, 9.17) is 14.2 Å². The molecule has 0 aromatic carbocycles. The predicted octanol–water partition coefficient (Wildman–Crippen LogP) is 1.68. The van der Waals surface area contributed by atoms with Crippen LogP contribution in [0.4, 0.5) is 4.39 Å². The molecule has 0 rings (SSSR count). The Balaban J connectivity index is 3.36. The molecule has 2 atom stereocenters. The Labute approximate surface area is 145 Å². The number of halogens is 1. The highest BCUT2D eigenvalue weighted by atomic mass is 19.1. The summed E-state index contributed by atoms with van der Waals surface area (Å²) in [5, 5.41) is 5.87. The van der Waals surface area contributed by atoms with Crippen molar-refractivity contribution in [2.24, 2.45) is 0 Å². The van der Waals surface area contributed by atoms with Crippen molar-refractivity contribution in [1.29, 1.82) is 0 Å². The second kappa shape index (κ2) is 15.7. The fraction of sp³-hybridized carbons (Fsp3) is 0.941. The van der Waals surface area contributed by atoms with Gasteiger partial charge in [-0.1, -0.05) is 13.8 Å². The highest BCUT2D eigenvalue weighted by molar-refractivity contribution is 5.72. The molecule has 0 aliphatic heterocycles. The molecular formula is C17H35FN2O4. The van der Waals surface area contributed by atoms with Crippen LogP contribution in [0.25, 0.3) is 0 Å². The number of alkyl halides is 1. The normalized spacial score (nSPS) is 13.9. The zero-order chi connectivity index (χ0) is 18.2. The summed E-state index contributed by atoms with van der Waals surface area (Å²) in [7, 11) is 0. The summed E-state index contributed by atoms with van der Waals surface area (Å²) in [5.41, 5.74) is 0. The largest absolute Gasteiger partial charge is 0.377 e. The van der Waals surface area contributed by atoms with E-state index < -0.39 is 6.17 Å². The van der Waals surface area contributed by atoms with Gasteiger partial charge in [0.2, 0.25) is 5.91 Å². The van der Waals surface area contributed by atoms with Crippen molar-refractivity contribution in [1.82, 2.24) is 10.6 Å². The van der Waals surface area contributed by atoms with Gasteiger partial charge in [0.15, 0.2) is 0 Å². The number of rotatable bonds is 16. The van der Waals surface area contributed by atoms with Crippen molar-refractivity contribution in [3.63, 3.8) is 0 Å². The lowest BCUT2D eigenvalue weighted by atomic mass is 10.1. The van der Waals surface area contributed by atoms with E-state index in [-0.39, 0.29) is 25.2 Å². The zero-order valence-corrected chi connectivity index (χ0v) is 15.6. The van der Waals surface area contributed by atoms with Gasteiger partial charge in [0, 0.05) is 19.5 Å². The minimum Gasteiger partial charge on any atom is -0.377 e. The Bertz CT molecular complexity index is 304. The molecule has 0 saturated carbocycles. The van der Waals surface area contributed by atoms with Gasteiger partial charge in [0.05, 0.1) is 45.7 Å². The maximum atomic E-state index is 13.3. The smallest absolute Gasteiger partial charge is 0.216 e. The van der Waals surface area contributed by atoms with Gasteiger partial charge in [-0.25, -0.2) is 4.39 Å². The van der Waals surface area contributed by atoms with E-state index in [9.17, 15) is 9.18 Å². The molecule has 0 aliphatic carbocycles. The van der Waals surface area contributed by atoms with Crippen LogP contribution >= 0.6 is 0 Å². The SMILES string of the molecule is CCC(CC)NCC(C)OCCOCCOCC(F)CNC(C)=O. The number of amides is 1. The molecule has 2 N–H and O–H groups in total. The van der Waals surface area contributed by atoms with Gasteiger partial charge in [0.25, 0.3) is 0 Å². The molecule has 0 aromatic rings. The molecule has 7 heteroatoms. The van der Waals surface area contributed by atoms with Gasteiger partial charge < -0.3 is 24.8 Å². The molecule has 144 valence electrons. The first-order valence-corrected chi connectivity index (χ1v) is 8.88. The first-order chi connectivity index (χ1) is 11.5. The minimum absolute atomic E-state index is 0.0210. The molecular weight excluding hydrogens is 315 g/mol. The third-order valence-electron chi connectivity index (χ3n) is 3.55. The topological polar surface area (TPSA) is 68.8 Å². The van der Waals surface area contributed by atoms with E-state index >= 15 is 0 Å². The molecule has 0 bridgehead atoms. The number of carbonyl (C=O) groups excluding carboxylic acids is 1. The molecule has 0 heterocycles. The van der Waals surface area contributed by atoms with Crippen LogP contribution in [0.1, 0.15) is 40.5 Å². The van der Waals surface area contributed by atoms with Gasteiger partial charge in [-0.05, 0) is 19.8 Å². The molecule has 0 saturated heterocycles. The summed E-state index contributed by atoms with van der Waals surface area (Å²) < 4.78 is 29.4. The highest BCUT2D eigenvalue weighted by Crippen LogP contribution is 1.97. The van der Waals surface area contributed by atoms with E-state index in [0.29, 0.717) is 32.5 Å². The average molecular weight is 350 g/mol. The number of hydrogen-bond acceptors (Lipinski definition) is 5. The van der Waals surface area contributed by atoms with E-state index in [1.54, 1.807) is 0 Å². The molecule has 0 spiro atoms. The van der Waals surface area contributed by atoms with Crippen molar-refractivity contribution in [2.75, 3.05) is 46.1 Å². The van der Waals surface area contributed by atoms with Gasteiger partial charge in [0.1, 0.15) is 6.17 Å². The fourth-order valence-electron chi connectivity index (χ4n) is 2.02. The Morgan fingerprint density at radius 1 is 1.04 bits per heavy atom. The van der Waals surface area contributed by atoms with E-state index in [1.807, 2.05) is 6.92 Å². The Hall–Kier alpha value is -0.760. The summed E-state index contributed by atoms with van der Waals surface area (Å²) >= 11 is 0. The van der Waals surface area contributed by atoms with Crippen molar-refractivity contribution < 1.29 is 23.4 Å². The second-order valence-electron chi connectivity index (χ2n) is 5.82. The molecule has 0 radical (unpaired) electrons. The van der Waals surface area contributed by atoms with Crippen molar-refractivity contribution >= 4 is 5.91 Å². The maximum absolute atomic E-state index is 13.3. The fourth-order valence-corrected chi connectivity index (χ4v) is 2.02. The molecule has 24 heavy (non-hydrogen) atoms. The molecule has 2 unspecified atom stereocenters. The molecule has 0 aliphatic rings. The van der Waals surface area contributed by atoms with Crippen LogP contribution in [-0.4, -0.2) is 70.3 Å². The van der Waals surface area contributed by atoms with Crippen LogP contribution in [0, 0.1) is 0 Å². The van der Waals surface area contributed by atoms with E-state index in [0.717, 1.165) is 19.4 Å². The van der Waals surface area contributed by atoms with Crippen molar-refractivity contribution in [3.05, 3.63) is 0 Å². The number of ether oxygens (including phenoxy) is 3. The highest BCUT2D eigenvalue weighted by Gasteiger charge is 2.07. The van der Waals surface area contributed by atoms with Crippen LogP contribution in [-0.2, 0) is 19.0 Å². The van der Waals surface area contributed by atoms with Crippen LogP contribution in [0.5, 0.6) is 0 Å². The number of hydrogen-bond donors (Lipinski definition) is 2. The Morgan fingerprint density at radius 2 is 1.67 bits per heavy atom. The van der Waals surface area contributed by atoms with Crippen molar-refractivity contribution in [3.8, 4) is 0 Å². The van der Waals surface area contributed by atoms with Crippen LogP contribution in [0.3, 0.4) is 0 Å². The molecule has 0 aromatic heterocycles. The molecule has 0 fully saturated rings. The van der Waals surface area contributed by atoms with Crippen LogP contribution < -0.4 is 10.6 Å². The van der Waals surface area contributed by atoms with Crippen LogP contribution in [0.2, 0.25) is 0 Å². The van der Waals surface area contributed by atoms with Gasteiger partial charge >= 0.3 is 0 Å². The maximum Gasteiger partial charge on any atom is 0.216 e. The number of nitrogens with one attached hydrogen (secondary N) is 2. The third kappa shape index (κ3) is 14.8. The quantitative estimate of drug-likeness (QED) is 0.415. The lowest BCUT2D eigenvalue weighted by Gasteiger charge is -2.19. The third-order valence-corrected chi connectivity index (χ3v) is 3.55. The summed E-state index contributed by atoms with van der Waals surface area (Å²) in [6, 6.07) is 0.550. The summed E-state index contributed by atoms with van der Waals surface area (Å²) in [6.07, 6.45) is 1.19.